The lowest BCUT2D eigenvalue weighted by atomic mass is 10.1. The Morgan fingerprint density at radius 2 is 1.88 bits per heavy atom. The molecule has 0 aliphatic heterocycles. The summed E-state index contributed by atoms with van der Waals surface area (Å²) in [5.74, 6) is 0.437. The third-order valence-electron chi connectivity index (χ3n) is 3.21. The predicted octanol–water partition coefficient (Wildman–Crippen LogP) is 3.01. The Morgan fingerprint density at radius 1 is 1.17 bits per heavy atom. The van der Waals surface area contributed by atoms with Gasteiger partial charge in [0.1, 0.15) is 0 Å². The van der Waals surface area contributed by atoms with Crippen LogP contribution in [-0.2, 0) is 16.0 Å². The van der Waals surface area contributed by atoms with E-state index < -0.39 is 8.64 Å². The maximum absolute atomic E-state index is 11.4. The van der Waals surface area contributed by atoms with Crippen LogP contribution in [0.15, 0.2) is 23.9 Å². The van der Waals surface area contributed by atoms with Crippen LogP contribution in [-0.4, -0.2) is 41.0 Å². The number of hydrogen-bond donors (Lipinski definition) is 0. The van der Waals surface area contributed by atoms with Gasteiger partial charge >= 0.3 is 14.6 Å². The molecule has 0 saturated heterocycles. The van der Waals surface area contributed by atoms with Crippen molar-refractivity contribution in [1.29, 1.82) is 0 Å². The minimum atomic E-state index is -1.32. The summed E-state index contributed by atoms with van der Waals surface area (Å²) in [6.07, 6.45) is 1.46. The smallest absolute Gasteiger partial charge is 0.333 e. The first-order valence-corrected chi connectivity index (χ1v) is 9.90. The monoisotopic (exact) mass is 352 g/mol. The van der Waals surface area contributed by atoms with Gasteiger partial charge < -0.3 is 18.6 Å². The lowest BCUT2D eigenvalue weighted by molar-refractivity contribution is -0.139. The van der Waals surface area contributed by atoms with Gasteiger partial charge in [-0.15, -0.1) is 0 Å². The van der Waals surface area contributed by atoms with Gasteiger partial charge in [0.15, 0.2) is 11.1 Å². The first kappa shape index (κ1) is 20.2. The van der Waals surface area contributed by atoms with Crippen LogP contribution in [0.5, 0.6) is 11.1 Å². The Labute approximate surface area is 146 Å². The Morgan fingerprint density at radius 3 is 2.46 bits per heavy atom. The molecular formula is C18H28O5Si. The number of carbonyl (C=O) groups is 1. The molecule has 134 valence electrons. The van der Waals surface area contributed by atoms with E-state index in [-0.39, 0.29) is 5.97 Å². The number of rotatable bonds is 11. The summed E-state index contributed by atoms with van der Waals surface area (Å²) in [7, 11) is -1.32. The van der Waals surface area contributed by atoms with Crippen molar-refractivity contribution < 1.29 is 23.4 Å². The molecule has 0 N–H and O–H groups in total. The summed E-state index contributed by atoms with van der Waals surface area (Å²) in [5.41, 5.74) is 3.55. The highest BCUT2D eigenvalue weighted by Crippen LogP contribution is 2.31. The van der Waals surface area contributed by atoms with Crippen molar-refractivity contribution in [3.05, 3.63) is 29.5 Å². The molecule has 0 saturated carbocycles. The molecule has 0 spiro atoms. The average Bonchev–Trinajstić information content (AvgIpc) is 2.55. The summed E-state index contributed by atoms with van der Waals surface area (Å²) < 4.78 is 22.6. The summed E-state index contributed by atoms with van der Waals surface area (Å²) in [5, 5.41) is 0.822. The molecule has 1 aromatic rings. The summed E-state index contributed by atoms with van der Waals surface area (Å²) >= 11 is 0. The number of hydrogen-bond acceptors (Lipinski definition) is 5. The lowest BCUT2D eigenvalue weighted by Gasteiger charge is -2.18. The molecule has 0 atom stereocenters. The van der Waals surface area contributed by atoms with Crippen LogP contribution in [0.25, 0.3) is 0 Å². The van der Waals surface area contributed by atoms with Crippen molar-refractivity contribution in [3.8, 4) is 11.1 Å². The fraction of sp³-hybridized carbons (Fsp3) is 0.556. The van der Waals surface area contributed by atoms with Gasteiger partial charge in [0.25, 0.3) is 0 Å². The van der Waals surface area contributed by atoms with E-state index in [9.17, 15) is 4.79 Å². The van der Waals surface area contributed by atoms with Gasteiger partial charge in [0, 0.05) is 5.57 Å². The molecule has 5 nitrogen and oxygen atoms in total. The van der Waals surface area contributed by atoms with Gasteiger partial charge in [-0.3, -0.25) is 0 Å². The van der Waals surface area contributed by atoms with Gasteiger partial charge in [0.05, 0.1) is 26.4 Å². The van der Waals surface area contributed by atoms with Crippen LogP contribution < -0.4 is 13.9 Å². The molecule has 0 aromatic carbocycles. The maximum Gasteiger partial charge on any atom is 0.333 e. The Bertz CT molecular complexity index is 557. The highest BCUT2D eigenvalue weighted by Gasteiger charge is 2.18. The van der Waals surface area contributed by atoms with Crippen LogP contribution >= 0.6 is 0 Å². The summed E-state index contributed by atoms with van der Waals surface area (Å²) in [6.45, 7) is 13.2. The second-order valence-corrected chi connectivity index (χ2v) is 7.00. The zero-order chi connectivity index (χ0) is 17.9. The Hall–Kier alpha value is -1.82. The van der Waals surface area contributed by atoms with E-state index in [4.69, 9.17) is 18.6 Å². The highest BCUT2D eigenvalue weighted by atomic mass is 28.3. The van der Waals surface area contributed by atoms with Crippen molar-refractivity contribution in [3.63, 3.8) is 0 Å². The lowest BCUT2D eigenvalue weighted by Crippen LogP contribution is -2.18. The van der Waals surface area contributed by atoms with E-state index in [2.05, 4.69) is 18.3 Å². The first-order valence-electron chi connectivity index (χ1n) is 8.41. The number of carbonyl (C=O) groups excluding carboxylic acids is 1. The fourth-order valence-electron chi connectivity index (χ4n) is 2.19. The van der Waals surface area contributed by atoms with E-state index in [1.807, 2.05) is 20.8 Å². The predicted molar refractivity (Wildman–Crippen MR) is 95.9 cm³/mol. The van der Waals surface area contributed by atoms with E-state index in [1.165, 1.54) is 0 Å². The summed E-state index contributed by atoms with van der Waals surface area (Å²) in [6, 6.07) is 2.05. The molecule has 0 aliphatic carbocycles. The van der Waals surface area contributed by atoms with E-state index in [1.54, 1.807) is 6.92 Å². The maximum atomic E-state index is 11.4. The first-order chi connectivity index (χ1) is 11.5. The SMILES string of the molecule is C=C(C)C(=O)OCCCc1cc[si](OCC)c(OCC)c1OCC. The Balaban J connectivity index is 2.86. The zero-order valence-corrected chi connectivity index (χ0v) is 16.1. The minimum absolute atomic E-state index is 0.350. The molecular weight excluding hydrogens is 324 g/mol. The van der Waals surface area contributed by atoms with Gasteiger partial charge in [-0.2, -0.15) is 0 Å². The minimum Gasteiger partial charge on any atom is -0.546 e. The van der Waals surface area contributed by atoms with Crippen molar-refractivity contribution in [2.24, 2.45) is 0 Å². The number of aryl methyl sites for hydroxylation is 1. The van der Waals surface area contributed by atoms with Crippen molar-refractivity contribution in [1.82, 2.24) is 0 Å². The Kier molecular flexibility index (Phi) is 9.15. The van der Waals surface area contributed by atoms with Crippen molar-refractivity contribution >= 4 is 14.6 Å². The third-order valence-corrected chi connectivity index (χ3v) is 5.09. The van der Waals surface area contributed by atoms with Crippen molar-refractivity contribution in [2.75, 3.05) is 26.4 Å². The van der Waals surface area contributed by atoms with Gasteiger partial charge in [0.2, 0.25) is 0 Å². The van der Waals surface area contributed by atoms with E-state index >= 15 is 0 Å². The molecule has 0 aliphatic rings. The standard InChI is InChI=1S/C18H28O5Si/c1-6-20-16-15(10-9-12-22-17(19)14(4)5)11-13-24(23-8-3)18(16)21-7-2/h11,13H,4,6-10,12H2,1-3,5H3. The summed E-state index contributed by atoms with van der Waals surface area (Å²) in [4.78, 5) is 11.4. The molecule has 1 aromatic heterocycles. The molecule has 0 radical (unpaired) electrons. The fourth-order valence-corrected chi connectivity index (χ4v) is 3.97. The molecule has 1 heterocycles. The largest absolute Gasteiger partial charge is 0.546 e. The highest BCUT2D eigenvalue weighted by molar-refractivity contribution is 6.50. The normalized spacial score (nSPS) is 10.2. The van der Waals surface area contributed by atoms with Crippen LogP contribution in [0, 0.1) is 0 Å². The molecule has 1 rings (SSSR count). The second-order valence-electron chi connectivity index (χ2n) is 5.20. The number of ether oxygens (including phenoxy) is 3. The third kappa shape index (κ3) is 6.00. The van der Waals surface area contributed by atoms with Crippen LogP contribution in [0.4, 0.5) is 0 Å². The van der Waals surface area contributed by atoms with Crippen LogP contribution in [0.1, 0.15) is 39.7 Å². The molecule has 0 amide bonds. The van der Waals surface area contributed by atoms with Gasteiger partial charge in [-0.1, -0.05) is 12.6 Å². The quantitative estimate of drug-likeness (QED) is 0.265. The molecule has 0 fully saturated rings. The van der Waals surface area contributed by atoms with Crippen LogP contribution in [0.2, 0.25) is 0 Å². The number of esters is 1. The van der Waals surface area contributed by atoms with E-state index in [0.717, 1.165) is 23.1 Å². The van der Waals surface area contributed by atoms with Crippen LogP contribution in [0.3, 0.4) is 0 Å². The molecule has 24 heavy (non-hydrogen) atoms. The molecule has 6 heteroatoms. The molecule has 0 bridgehead atoms. The van der Waals surface area contributed by atoms with E-state index in [0.29, 0.717) is 38.4 Å². The second kappa shape index (κ2) is 10.9. The zero-order valence-electron chi connectivity index (χ0n) is 15.1. The van der Waals surface area contributed by atoms with Gasteiger partial charge in [-0.25, -0.2) is 4.79 Å². The van der Waals surface area contributed by atoms with Crippen molar-refractivity contribution in [2.45, 2.75) is 40.5 Å². The average molecular weight is 353 g/mol. The topological polar surface area (TPSA) is 54.0 Å². The van der Waals surface area contributed by atoms with Gasteiger partial charge in [-0.05, 0) is 51.8 Å². The molecule has 0 unspecified atom stereocenters.